The van der Waals surface area contributed by atoms with Crippen LogP contribution in [0, 0.1) is 5.82 Å². The average Bonchev–Trinajstić information content (AvgIpc) is 2.77. The number of anilines is 1. The van der Waals surface area contributed by atoms with Crippen LogP contribution < -0.4 is 16.0 Å². The molecule has 0 atom stereocenters. The molecule has 1 heterocycles. The summed E-state index contributed by atoms with van der Waals surface area (Å²) < 4.78 is 18.5. The van der Waals surface area contributed by atoms with Gasteiger partial charge in [0.1, 0.15) is 5.82 Å². The third-order valence-electron chi connectivity index (χ3n) is 5.82. The molecule has 168 valence electrons. The van der Waals surface area contributed by atoms with Crippen LogP contribution in [0.15, 0.2) is 29.3 Å². The highest BCUT2D eigenvalue weighted by Crippen LogP contribution is 2.33. The Morgan fingerprint density at radius 1 is 1.13 bits per heavy atom. The van der Waals surface area contributed by atoms with Gasteiger partial charge in [-0.25, -0.2) is 4.39 Å². The van der Waals surface area contributed by atoms with E-state index in [0.717, 1.165) is 32.8 Å². The van der Waals surface area contributed by atoms with Crippen molar-refractivity contribution in [2.45, 2.75) is 37.6 Å². The summed E-state index contributed by atoms with van der Waals surface area (Å²) in [4.78, 5) is 19.0. The Balaban J connectivity index is 0.00000320. The van der Waals surface area contributed by atoms with Gasteiger partial charge in [-0.15, -0.1) is 24.0 Å². The Labute approximate surface area is 195 Å². The second-order valence-corrected chi connectivity index (χ2v) is 7.72. The van der Waals surface area contributed by atoms with Crippen molar-refractivity contribution in [2.75, 3.05) is 51.8 Å². The molecule has 0 spiro atoms. The smallest absolute Gasteiger partial charge is 0.243 e. The van der Waals surface area contributed by atoms with Gasteiger partial charge in [0.15, 0.2) is 5.96 Å². The van der Waals surface area contributed by atoms with Crippen LogP contribution in [0.25, 0.3) is 0 Å². The number of hydrogen-bond acceptors (Lipinski definition) is 4. The van der Waals surface area contributed by atoms with E-state index in [0.29, 0.717) is 11.6 Å². The molecule has 2 fully saturated rings. The van der Waals surface area contributed by atoms with E-state index in [2.05, 4.69) is 25.8 Å². The first kappa shape index (κ1) is 24.8. The van der Waals surface area contributed by atoms with Crippen LogP contribution in [-0.2, 0) is 9.53 Å². The minimum absolute atomic E-state index is 0. The molecule has 0 radical (unpaired) electrons. The number of hydrogen-bond donors (Lipinski definition) is 3. The van der Waals surface area contributed by atoms with Gasteiger partial charge < -0.3 is 20.7 Å². The van der Waals surface area contributed by atoms with Crippen molar-refractivity contribution in [1.82, 2.24) is 15.5 Å². The summed E-state index contributed by atoms with van der Waals surface area (Å²) >= 11 is 0. The molecule has 0 aromatic heterocycles. The first-order chi connectivity index (χ1) is 14.1. The summed E-state index contributed by atoms with van der Waals surface area (Å²) in [6.45, 7) is 4.39. The quantitative estimate of drug-likeness (QED) is 0.298. The normalized spacial score (nSPS) is 19.5. The number of halogens is 2. The van der Waals surface area contributed by atoms with Gasteiger partial charge in [0.05, 0.1) is 19.8 Å². The Kier molecular flexibility index (Phi) is 10.3. The van der Waals surface area contributed by atoms with E-state index in [1.807, 2.05) is 0 Å². The molecule has 1 aliphatic carbocycles. The van der Waals surface area contributed by atoms with Crippen molar-refractivity contribution in [3.05, 3.63) is 30.1 Å². The van der Waals surface area contributed by atoms with Gasteiger partial charge in [-0.2, -0.15) is 0 Å². The van der Waals surface area contributed by atoms with Crippen molar-refractivity contribution in [2.24, 2.45) is 4.99 Å². The van der Waals surface area contributed by atoms with Crippen molar-refractivity contribution < 1.29 is 13.9 Å². The van der Waals surface area contributed by atoms with Gasteiger partial charge in [-0.05, 0) is 37.1 Å². The molecule has 1 amide bonds. The molecule has 0 bridgehead atoms. The lowest BCUT2D eigenvalue weighted by atomic mass is 9.80. The molecule has 30 heavy (non-hydrogen) atoms. The van der Waals surface area contributed by atoms with Crippen molar-refractivity contribution in [3.63, 3.8) is 0 Å². The SMILES string of the molecule is CN=C(NCC(=O)Nc1ccc(F)cc1)NCC1(N2CCOCC2)CCCCC1.I. The highest BCUT2D eigenvalue weighted by molar-refractivity contribution is 14.0. The minimum atomic E-state index is -0.331. The van der Waals surface area contributed by atoms with Crippen LogP contribution in [0.4, 0.5) is 10.1 Å². The molecule has 1 saturated heterocycles. The lowest BCUT2D eigenvalue weighted by Gasteiger charge is -2.48. The number of morpholine rings is 1. The summed E-state index contributed by atoms with van der Waals surface area (Å²) in [5.41, 5.74) is 0.686. The van der Waals surface area contributed by atoms with Gasteiger partial charge >= 0.3 is 0 Å². The zero-order chi connectivity index (χ0) is 20.5. The Morgan fingerprint density at radius 2 is 1.80 bits per heavy atom. The number of amides is 1. The number of carbonyl (C=O) groups excluding carboxylic acids is 1. The van der Waals surface area contributed by atoms with E-state index in [1.54, 1.807) is 7.05 Å². The van der Waals surface area contributed by atoms with Gasteiger partial charge in [-0.3, -0.25) is 14.7 Å². The molecule has 3 rings (SSSR count). The zero-order valence-corrected chi connectivity index (χ0v) is 19.9. The molecule has 0 unspecified atom stereocenters. The van der Waals surface area contributed by atoms with Crippen LogP contribution in [0.5, 0.6) is 0 Å². The van der Waals surface area contributed by atoms with Gasteiger partial charge in [-0.1, -0.05) is 19.3 Å². The van der Waals surface area contributed by atoms with Crippen LogP contribution in [0.3, 0.4) is 0 Å². The zero-order valence-electron chi connectivity index (χ0n) is 17.6. The van der Waals surface area contributed by atoms with E-state index < -0.39 is 0 Å². The summed E-state index contributed by atoms with van der Waals surface area (Å²) in [5, 5.41) is 9.24. The van der Waals surface area contributed by atoms with Crippen LogP contribution >= 0.6 is 24.0 Å². The van der Waals surface area contributed by atoms with Gasteiger partial charge in [0.2, 0.25) is 5.91 Å². The lowest BCUT2D eigenvalue weighted by Crippen LogP contribution is -2.60. The number of nitrogens with zero attached hydrogens (tertiary/aromatic N) is 2. The molecule has 1 aromatic rings. The highest BCUT2D eigenvalue weighted by atomic mass is 127. The fourth-order valence-corrected chi connectivity index (χ4v) is 4.22. The van der Waals surface area contributed by atoms with Crippen LogP contribution in [0.2, 0.25) is 0 Å². The first-order valence-corrected chi connectivity index (χ1v) is 10.4. The van der Waals surface area contributed by atoms with Gasteiger partial charge in [0.25, 0.3) is 0 Å². The lowest BCUT2D eigenvalue weighted by molar-refractivity contribution is -0.115. The Hall–Kier alpha value is -1.46. The highest BCUT2D eigenvalue weighted by Gasteiger charge is 2.38. The Morgan fingerprint density at radius 3 is 2.43 bits per heavy atom. The molecule has 3 N–H and O–H groups in total. The summed E-state index contributed by atoms with van der Waals surface area (Å²) in [6.07, 6.45) is 6.11. The van der Waals surface area contributed by atoms with Gasteiger partial charge in [0, 0.05) is 37.9 Å². The predicted molar refractivity (Wildman–Crippen MR) is 128 cm³/mol. The van der Waals surface area contributed by atoms with E-state index in [4.69, 9.17) is 4.74 Å². The molecule has 2 aliphatic rings. The molecule has 7 nitrogen and oxygen atoms in total. The molecule has 1 aliphatic heterocycles. The first-order valence-electron chi connectivity index (χ1n) is 10.4. The topological polar surface area (TPSA) is 78.0 Å². The number of nitrogens with one attached hydrogen (secondary N) is 3. The average molecular weight is 533 g/mol. The predicted octanol–water partition coefficient (Wildman–Crippen LogP) is 2.58. The molecule has 1 aromatic carbocycles. The summed E-state index contributed by atoms with van der Waals surface area (Å²) in [6, 6.07) is 5.71. The van der Waals surface area contributed by atoms with E-state index in [-0.39, 0.29) is 47.8 Å². The standard InChI is InChI=1S/C21H32FN5O2.HI/c1-23-20(24-15-19(28)26-18-7-5-17(22)6-8-18)25-16-21(9-3-2-4-10-21)27-11-13-29-14-12-27;/h5-8H,2-4,9-16H2,1H3,(H,26,28)(H2,23,24,25);1H. The van der Waals surface area contributed by atoms with E-state index in [9.17, 15) is 9.18 Å². The van der Waals surface area contributed by atoms with Crippen molar-refractivity contribution in [1.29, 1.82) is 0 Å². The largest absolute Gasteiger partial charge is 0.379 e. The van der Waals surface area contributed by atoms with Crippen LogP contribution in [-0.4, -0.2) is 68.7 Å². The molecular formula is C21H33FIN5O2. The summed E-state index contributed by atoms with van der Waals surface area (Å²) in [5.74, 6) is 0.0696. The number of ether oxygens (including phenoxy) is 1. The molecular weight excluding hydrogens is 500 g/mol. The summed E-state index contributed by atoms with van der Waals surface area (Å²) in [7, 11) is 1.70. The number of guanidine groups is 1. The second-order valence-electron chi connectivity index (χ2n) is 7.72. The maximum Gasteiger partial charge on any atom is 0.243 e. The number of rotatable bonds is 6. The second kappa shape index (κ2) is 12.4. The number of benzene rings is 1. The third-order valence-corrected chi connectivity index (χ3v) is 5.82. The molecule has 1 saturated carbocycles. The fraction of sp³-hybridized carbons (Fsp3) is 0.619. The minimum Gasteiger partial charge on any atom is -0.379 e. The van der Waals surface area contributed by atoms with Crippen molar-refractivity contribution in [3.8, 4) is 0 Å². The maximum atomic E-state index is 13.0. The van der Waals surface area contributed by atoms with Crippen LogP contribution in [0.1, 0.15) is 32.1 Å². The van der Waals surface area contributed by atoms with Crippen molar-refractivity contribution >= 4 is 41.5 Å². The number of carbonyl (C=O) groups is 1. The molecule has 9 heteroatoms. The Bertz CT molecular complexity index is 689. The fourth-order valence-electron chi connectivity index (χ4n) is 4.22. The van der Waals surface area contributed by atoms with E-state index >= 15 is 0 Å². The maximum absolute atomic E-state index is 13.0. The monoisotopic (exact) mass is 533 g/mol. The third kappa shape index (κ3) is 7.05. The van der Waals surface area contributed by atoms with E-state index in [1.165, 1.54) is 56.4 Å². The number of aliphatic imine (C=N–C) groups is 1.